The van der Waals surface area contributed by atoms with Crippen LogP contribution in [0.2, 0.25) is 10.0 Å². The molecule has 0 radical (unpaired) electrons. The number of nitriles is 1. The number of nitrogens with zero attached hydrogens (tertiary/aromatic N) is 1. The molecule has 0 atom stereocenters. The SMILES string of the molecule is Cc1cccc(NC(=O)/C(C#N)=C/c2cc(Cl)c(OS(=O)(=O)c3ccccc3)c(Cl)c2)c1. The molecule has 162 valence electrons. The van der Waals surface area contributed by atoms with E-state index in [1.165, 1.54) is 30.3 Å². The molecule has 0 spiro atoms. The number of aryl methyl sites for hydroxylation is 1. The molecule has 1 amide bonds. The van der Waals surface area contributed by atoms with Gasteiger partial charge in [-0.3, -0.25) is 4.79 Å². The summed E-state index contributed by atoms with van der Waals surface area (Å²) in [6.45, 7) is 1.88. The maximum Gasteiger partial charge on any atom is 0.339 e. The van der Waals surface area contributed by atoms with Gasteiger partial charge in [0.05, 0.1) is 10.0 Å². The Balaban J connectivity index is 1.87. The summed E-state index contributed by atoms with van der Waals surface area (Å²) in [4.78, 5) is 12.4. The van der Waals surface area contributed by atoms with Crippen molar-refractivity contribution in [2.75, 3.05) is 5.32 Å². The first-order chi connectivity index (χ1) is 15.2. The third kappa shape index (κ3) is 5.68. The molecule has 0 unspecified atom stereocenters. The van der Waals surface area contributed by atoms with Crippen molar-refractivity contribution in [2.45, 2.75) is 11.8 Å². The van der Waals surface area contributed by atoms with E-state index in [0.717, 1.165) is 5.56 Å². The minimum Gasteiger partial charge on any atom is -0.376 e. The van der Waals surface area contributed by atoms with Gasteiger partial charge in [-0.1, -0.05) is 53.5 Å². The second-order valence-corrected chi connectivity index (χ2v) is 9.02. The Hall–Kier alpha value is -3.31. The number of hydrogen-bond donors (Lipinski definition) is 1. The molecule has 0 fully saturated rings. The van der Waals surface area contributed by atoms with Crippen LogP contribution in [-0.4, -0.2) is 14.3 Å². The Bertz CT molecular complexity index is 1320. The van der Waals surface area contributed by atoms with E-state index in [0.29, 0.717) is 11.3 Å². The van der Waals surface area contributed by atoms with Crippen molar-refractivity contribution in [3.8, 4) is 11.8 Å². The molecule has 0 aromatic heterocycles. The molecule has 0 saturated carbocycles. The van der Waals surface area contributed by atoms with Gasteiger partial charge in [0.25, 0.3) is 5.91 Å². The van der Waals surface area contributed by atoms with Crippen LogP contribution in [0, 0.1) is 18.3 Å². The van der Waals surface area contributed by atoms with Gasteiger partial charge in [-0.05, 0) is 60.5 Å². The zero-order valence-electron chi connectivity index (χ0n) is 16.7. The fourth-order valence-corrected chi connectivity index (χ4v) is 4.38. The molecule has 6 nitrogen and oxygen atoms in total. The Labute approximate surface area is 195 Å². The average molecular weight is 487 g/mol. The highest BCUT2D eigenvalue weighted by Crippen LogP contribution is 2.36. The van der Waals surface area contributed by atoms with E-state index in [2.05, 4.69) is 5.32 Å². The lowest BCUT2D eigenvalue weighted by Gasteiger charge is -2.11. The molecular formula is C23H16Cl2N2O4S. The molecule has 0 saturated heterocycles. The van der Waals surface area contributed by atoms with E-state index in [1.54, 1.807) is 36.4 Å². The quantitative estimate of drug-likeness (QED) is 0.277. The molecule has 0 bridgehead atoms. The van der Waals surface area contributed by atoms with Crippen LogP contribution in [0.25, 0.3) is 6.08 Å². The highest BCUT2D eigenvalue weighted by atomic mass is 35.5. The van der Waals surface area contributed by atoms with Crippen molar-refractivity contribution >= 4 is 51.0 Å². The number of halogens is 2. The van der Waals surface area contributed by atoms with Gasteiger partial charge in [-0.15, -0.1) is 0 Å². The van der Waals surface area contributed by atoms with Crippen molar-refractivity contribution in [1.82, 2.24) is 0 Å². The number of anilines is 1. The van der Waals surface area contributed by atoms with Crippen LogP contribution in [-0.2, 0) is 14.9 Å². The topological polar surface area (TPSA) is 96.3 Å². The lowest BCUT2D eigenvalue weighted by molar-refractivity contribution is -0.112. The zero-order chi connectivity index (χ0) is 23.3. The monoisotopic (exact) mass is 486 g/mol. The normalized spacial score (nSPS) is 11.5. The van der Waals surface area contributed by atoms with Gasteiger partial charge < -0.3 is 9.50 Å². The van der Waals surface area contributed by atoms with Gasteiger partial charge in [-0.25, -0.2) is 0 Å². The van der Waals surface area contributed by atoms with Crippen LogP contribution in [0.3, 0.4) is 0 Å². The minimum atomic E-state index is -4.15. The standard InChI is InChI=1S/C23H16Cl2N2O4S/c1-15-6-5-7-18(10-15)27-23(28)17(14-26)11-16-12-20(24)22(21(25)13-16)31-32(29,30)19-8-3-2-4-9-19/h2-13H,1H3,(H,27,28)/b17-11+. The Morgan fingerprint density at radius 1 is 1.03 bits per heavy atom. The largest absolute Gasteiger partial charge is 0.376 e. The summed E-state index contributed by atoms with van der Waals surface area (Å²) in [6, 6.07) is 19.2. The second-order valence-electron chi connectivity index (χ2n) is 6.66. The van der Waals surface area contributed by atoms with E-state index >= 15 is 0 Å². The number of hydrogen-bond acceptors (Lipinski definition) is 5. The van der Waals surface area contributed by atoms with Crippen molar-refractivity contribution in [2.24, 2.45) is 0 Å². The molecule has 0 aliphatic rings. The third-order valence-electron chi connectivity index (χ3n) is 4.20. The molecule has 0 heterocycles. The summed E-state index contributed by atoms with van der Waals surface area (Å²) in [5.41, 5.74) is 1.62. The number of carbonyl (C=O) groups excluding carboxylic acids is 1. The highest BCUT2D eigenvalue weighted by molar-refractivity contribution is 7.87. The number of amides is 1. The van der Waals surface area contributed by atoms with Crippen molar-refractivity contribution in [1.29, 1.82) is 5.26 Å². The van der Waals surface area contributed by atoms with Gasteiger partial charge in [0, 0.05) is 5.69 Å². The summed E-state index contributed by atoms with van der Waals surface area (Å²) in [6.07, 6.45) is 1.29. The van der Waals surface area contributed by atoms with Crippen LogP contribution in [0.15, 0.2) is 77.2 Å². The van der Waals surface area contributed by atoms with Gasteiger partial charge in [-0.2, -0.15) is 13.7 Å². The molecule has 1 N–H and O–H groups in total. The first kappa shape index (κ1) is 23.4. The van der Waals surface area contributed by atoms with Crippen molar-refractivity contribution in [3.05, 3.63) is 93.5 Å². The van der Waals surface area contributed by atoms with Crippen molar-refractivity contribution in [3.63, 3.8) is 0 Å². The molecule has 9 heteroatoms. The first-order valence-electron chi connectivity index (χ1n) is 9.18. The molecule has 32 heavy (non-hydrogen) atoms. The smallest absolute Gasteiger partial charge is 0.339 e. The van der Waals surface area contributed by atoms with Crippen LogP contribution >= 0.6 is 23.2 Å². The minimum absolute atomic E-state index is 0.0595. The van der Waals surface area contributed by atoms with E-state index in [4.69, 9.17) is 27.4 Å². The van der Waals surface area contributed by atoms with Crippen LogP contribution in [0.1, 0.15) is 11.1 Å². The summed E-state index contributed by atoms with van der Waals surface area (Å²) in [5.74, 6) is -0.866. The van der Waals surface area contributed by atoms with Crippen LogP contribution in [0.5, 0.6) is 5.75 Å². The average Bonchev–Trinajstić information content (AvgIpc) is 2.75. The molecular weight excluding hydrogens is 471 g/mol. The molecule has 3 rings (SSSR count). The first-order valence-corrected chi connectivity index (χ1v) is 11.3. The molecule has 0 aliphatic carbocycles. The Kier molecular flexibility index (Phi) is 7.21. The fraction of sp³-hybridized carbons (Fsp3) is 0.0435. The lowest BCUT2D eigenvalue weighted by Crippen LogP contribution is -2.13. The Morgan fingerprint density at radius 2 is 1.69 bits per heavy atom. The summed E-state index contributed by atoms with van der Waals surface area (Å²) in [7, 11) is -4.15. The number of benzene rings is 3. The van der Waals surface area contributed by atoms with E-state index in [-0.39, 0.29) is 26.3 Å². The summed E-state index contributed by atoms with van der Waals surface area (Å²) < 4.78 is 30.0. The van der Waals surface area contributed by atoms with Gasteiger partial charge in [0.2, 0.25) is 0 Å². The number of rotatable bonds is 6. The molecule has 3 aromatic carbocycles. The van der Waals surface area contributed by atoms with Crippen LogP contribution in [0.4, 0.5) is 5.69 Å². The predicted molar refractivity (Wildman–Crippen MR) is 124 cm³/mol. The molecule has 3 aromatic rings. The number of nitrogens with one attached hydrogen (secondary N) is 1. The fourth-order valence-electron chi connectivity index (χ4n) is 2.72. The highest BCUT2D eigenvalue weighted by Gasteiger charge is 2.21. The van der Waals surface area contributed by atoms with E-state index in [9.17, 15) is 18.5 Å². The van der Waals surface area contributed by atoms with Gasteiger partial charge in [0.15, 0.2) is 5.75 Å². The summed E-state index contributed by atoms with van der Waals surface area (Å²) in [5, 5.41) is 11.9. The summed E-state index contributed by atoms with van der Waals surface area (Å²) >= 11 is 12.4. The lowest BCUT2D eigenvalue weighted by atomic mass is 10.1. The van der Waals surface area contributed by atoms with E-state index < -0.39 is 16.0 Å². The third-order valence-corrected chi connectivity index (χ3v) is 5.99. The second kappa shape index (κ2) is 9.88. The van der Waals surface area contributed by atoms with E-state index in [1.807, 2.05) is 19.1 Å². The predicted octanol–water partition coefficient (Wildman–Crippen LogP) is 5.62. The maximum atomic E-state index is 12.5. The van der Waals surface area contributed by atoms with Crippen LogP contribution < -0.4 is 9.50 Å². The maximum absolute atomic E-state index is 12.5. The Morgan fingerprint density at radius 3 is 2.28 bits per heavy atom. The van der Waals surface area contributed by atoms with Gasteiger partial charge in [0.1, 0.15) is 16.5 Å². The molecule has 0 aliphatic heterocycles. The van der Waals surface area contributed by atoms with Gasteiger partial charge >= 0.3 is 10.1 Å². The number of carbonyl (C=O) groups is 1. The van der Waals surface area contributed by atoms with Crippen molar-refractivity contribution < 1.29 is 17.4 Å². The zero-order valence-corrected chi connectivity index (χ0v) is 19.0.